The molecule has 0 atom stereocenters. The van der Waals surface area contributed by atoms with E-state index >= 15 is 0 Å². The van der Waals surface area contributed by atoms with Gasteiger partial charge in [-0.1, -0.05) is 0 Å². The average Bonchev–Trinajstić information content (AvgIpc) is 2.46. The van der Waals surface area contributed by atoms with E-state index in [0.29, 0.717) is 0 Å². The second-order valence-electron chi connectivity index (χ2n) is 2.50. The Morgan fingerprint density at radius 3 is 2.79 bits per heavy atom. The van der Waals surface area contributed by atoms with Crippen LogP contribution >= 0.6 is 15.9 Å². The van der Waals surface area contributed by atoms with Crippen LogP contribution < -0.4 is 11.1 Å². The van der Waals surface area contributed by atoms with Crippen LogP contribution in [0.15, 0.2) is 16.7 Å². The van der Waals surface area contributed by atoms with Gasteiger partial charge in [0.25, 0.3) is 5.91 Å². The van der Waals surface area contributed by atoms with E-state index in [1.165, 1.54) is 12.3 Å². The Bertz CT molecular complexity index is 335. The van der Waals surface area contributed by atoms with Gasteiger partial charge in [-0.15, -0.1) is 0 Å². The molecule has 0 spiro atoms. The van der Waals surface area contributed by atoms with Gasteiger partial charge in [0.05, 0.1) is 18.5 Å². The second-order valence-corrected chi connectivity index (χ2v) is 3.66. The molecule has 1 rings (SSSR count). The van der Waals surface area contributed by atoms with Gasteiger partial charge in [0.15, 0.2) is 0 Å². The van der Waals surface area contributed by atoms with Gasteiger partial charge in [0.1, 0.15) is 0 Å². The highest BCUT2D eigenvalue weighted by Gasteiger charge is 2.25. The molecule has 14 heavy (non-hydrogen) atoms. The number of alkyl halides is 3. The minimum absolute atomic E-state index is 0.111. The van der Waals surface area contributed by atoms with Crippen LogP contribution in [0.1, 0.15) is 10.6 Å². The van der Waals surface area contributed by atoms with Crippen molar-refractivity contribution in [1.82, 2.24) is 5.32 Å². The van der Waals surface area contributed by atoms with E-state index in [4.69, 9.17) is 10.2 Å². The monoisotopic (exact) mass is 268 g/mol. The third kappa shape index (κ3) is 2.99. The summed E-state index contributed by atoms with van der Waals surface area (Å²) in [4.78, 5) is 8.00. The maximum absolute atomic E-state index is 12.3. The Morgan fingerprint density at radius 2 is 2.36 bits per heavy atom. The molecule has 0 aliphatic carbocycles. The fourth-order valence-corrected chi connectivity index (χ4v) is 0.905. The van der Waals surface area contributed by atoms with Crippen molar-refractivity contribution >= 4 is 27.5 Å². The van der Waals surface area contributed by atoms with Crippen LogP contribution in [0.2, 0.25) is 0 Å². The normalized spacial score (nSPS) is 11.4. The number of halogens is 3. The summed E-state index contributed by atoms with van der Waals surface area (Å²) in [6, 6.07) is 1.36. The van der Waals surface area contributed by atoms with Crippen LogP contribution in [-0.4, -0.2) is 17.3 Å². The summed E-state index contributed by atoms with van der Waals surface area (Å²) < 4.78 is 29.2. The summed E-state index contributed by atoms with van der Waals surface area (Å²) in [5.41, 5.74) is 5.44. The number of amides is 1. The van der Waals surface area contributed by atoms with Crippen molar-refractivity contribution in [2.24, 2.45) is 0 Å². The lowest BCUT2D eigenvalue weighted by Gasteiger charge is -2.08. The molecule has 4 nitrogen and oxygen atoms in total. The highest BCUT2D eigenvalue weighted by atomic mass is 79.9. The largest absolute Gasteiger partial charge is 0.457 e. The zero-order valence-corrected chi connectivity index (χ0v) is 8.48. The maximum Gasteiger partial charge on any atom is 0.318 e. The summed E-state index contributed by atoms with van der Waals surface area (Å²) in [6.07, 6.45) is 1.20. The minimum Gasteiger partial charge on any atom is -0.457 e. The molecule has 3 N–H and O–H groups in total. The van der Waals surface area contributed by atoms with E-state index in [1.54, 1.807) is 0 Å². The number of furan rings is 1. The molecule has 1 aromatic heterocycles. The van der Waals surface area contributed by atoms with Crippen LogP contribution in [-0.2, 0) is 0 Å². The summed E-state index contributed by atoms with van der Waals surface area (Å²) in [6.45, 7) is -0.827. The van der Waals surface area contributed by atoms with Gasteiger partial charge in [-0.3, -0.25) is 4.79 Å². The Balaban J connectivity index is 2.56. The van der Waals surface area contributed by atoms with E-state index < -0.39 is 17.3 Å². The first-order valence-corrected chi connectivity index (χ1v) is 4.37. The number of rotatable bonds is 3. The maximum atomic E-state index is 12.3. The number of nitrogen functional groups attached to an aromatic ring is 1. The molecule has 0 saturated carbocycles. The van der Waals surface area contributed by atoms with Crippen molar-refractivity contribution in [3.63, 3.8) is 0 Å². The van der Waals surface area contributed by atoms with Crippen LogP contribution in [0.5, 0.6) is 0 Å². The van der Waals surface area contributed by atoms with E-state index in [2.05, 4.69) is 15.9 Å². The summed E-state index contributed by atoms with van der Waals surface area (Å²) in [5, 5.41) is 1.96. The molecular formula is C7H7BrF2N2O2. The zero-order chi connectivity index (χ0) is 10.8. The number of anilines is 1. The molecule has 0 aliphatic heterocycles. The zero-order valence-electron chi connectivity index (χ0n) is 6.89. The molecule has 0 aliphatic rings. The van der Waals surface area contributed by atoms with Crippen molar-refractivity contribution in [3.8, 4) is 0 Å². The topological polar surface area (TPSA) is 68.3 Å². The molecule has 0 unspecified atom stereocenters. The molecule has 1 heterocycles. The minimum atomic E-state index is -3.13. The molecule has 0 bridgehead atoms. The first-order chi connectivity index (χ1) is 6.40. The summed E-state index contributed by atoms with van der Waals surface area (Å²) >= 11 is 2.08. The summed E-state index contributed by atoms with van der Waals surface area (Å²) in [5.74, 6) is -0.937. The van der Waals surface area contributed by atoms with Gasteiger partial charge in [-0.05, 0) is 15.9 Å². The van der Waals surface area contributed by atoms with Crippen molar-refractivity contribution < 1.29 is 18.0 Å². The first-order valence-electron chi connectivity index (χ1n) is 3.58. The third-order valence-electron chi connectivity index (χ3n) is 1.35. The lowest BCUT2D eigenvalue weighted by Crippen LogP contribution is -2.32. The van der Waals surface area contributed by atoms with Gasteiger partial charge in [-0.2, -0.15) is 8.78 Å². The Morgan fingerprint density at radius 1 is 1.71 bits per heavy atom. The highest BCUT2D eigenvalue weighted by molar-refractivity contribution is 9.10. The number of hydrogen-bond acceptors (Lipinski definition) is 3. The van der Waals surface area contributed by atoms with Gasteiger partial charge in [-0.25, -0.2) is 0 Å². The average molecular weight is 269 g/mol. The second kappa shape index (κ2) is 3.95. The Hall–Kier alpha value is -1.11. The lowest BCUT2D eigenvalue weighted by atomic mass is 10.3. The van der Waals surface area contributed by atoms with Crippen molar-refractivity contribution in [2.45, 2.75) is 4.83 Å². The molecule has 1 aromatic rings. The number of hydrogen-bond donors (Lipinski definition) is 2. The molecule has 1 amide bonds. The number of nitrogens with one attached hydrogen (secondary N) is 1. The lowest BCUT2D eigenvalue weighted by molar-refractivity contribution is 0.0813. The van der Waals surface area contributed by atoms with Crippen LogP contribution in [0, 0.1) is 0 Å². The molecule has 0 saturated heterocycles. The van der Waals surface area contributed by atoms with Crippen molar-refractivity contribution in [2.75, 3.05) is 12.3 Å². The van der Waals surface area contributed by atoms with Crippen LogP contribution in [0.25, 0.3) is 0 Å². The highest BCUT2D eigenvalue weighted by Crippen LogP contribution is 2.20. The van der Waals surface area contributed by atoms with Crippen LogP contribution in [0.4, 0.5) is 14.5 Å². The number of carbonyl (C=O) groups excluding carboxylic acids is 1. The van der Waals surface area contributed by atoms with Crippen molar-refractivity contribution in [3.05, 3.63) is 18.1 Å². The molecule has 7 heteroatoms. The van der Waals surface area contributed by atoms with Crippen molar-refractivity contribution in [1.29, 1.82) is 0 Å². The standard InChI is InChI=1S/C7H7BrF2N2O2/c8-7(9,10)3-12-6(13)5-4(11)1-2-14-5/h1-2H,3,11H2,(H,12,13). The molecule has 78 valence electrons. The van der Waals surface area contributed by atoms with Gasteiger partial charge in [0, 0.05) is 6.07 Å². The van der Waals surface area contributed by atoms with Gasteiger partial charge in [0.2, 0.25) is 5.76 Å². The summed E-state index contributed by atoms with van der Waals surface area (Å²) in [7, 11) is 0. The number of carbonyl (C=O) groups is 1. The predicted molar refractivity (Wildman–Crippen MR) is 49.3 cm³/mol. The Kier molecular flexibility index (Phi) is 3.10. The first kappa shape index (κ1) is 11.0. The fraction of sp³-hybridized carbons (Fsp3) is 0.286. The SMILES string of the molecule is Nc1ccoc1C(=O)NCC(F)(F)Br. The van der Waals surface area contributed by atoms with Crippen LogP contribution in [0.3, 0.4) is 0 Å². The molecule has 0 aromatic carbocycles. The number of nitrogens with two attached hydrogens (primary N) is 1. The smallest absolute Gasteiger partial charge is 0.318 e. The fourth-order valence-electron chi connectivity index (χ4n) is 0.764. The molecular weight excluding hydrogens is 262 g/mol. The Labute approximate surface area is 86.6 Å². The van der Waals surface area contributed by atoms with Gasteiger partial charge >= 0.3 is 4.83 Å². The van der Waals surface area contributed by atoms with E-state index in [9.17, 15) is 13.6 Å². The molecule has 0 fully saturated rings. The predicted octanol–water partition coefficient (Wildman–Crippen LogP) is 1.58. The van der Waals surface area contributed by atoms with E-state index in [0.717, 1.165) is 0 Å². The van der Waals surface area contributed by atoms with E-state index in [1.807, 2.05) is 5.32 Å². The van der Waals surface area contributed by atoms with Gasteiger partial charge < -0.3 is 15.5 Å². The van der Waals surface area contributed by atoms with E-state index in [-0.39, 0.29) is 11.4 Å². The molecule has 0 radical (unpaired) electrons. The third-order valence-corrected chi connectivity index (χ3v) is 1.63. The quantitative estimate of drug-likeness (QED) is 0.818.